The quantitative estimate of drug-likeness (QED) is 0.688. The van der Waals surface area contributed by atoms with E-state index in [0.717, 1.165) is 22.3 Å². The lowest BCUT2D eigenvalue weighted by Crippen LogP contribution is -2.30. The number of carbonyl (C=O) groups is 1. The number of H-pyrrole nitrogens is 1. The van der Waals surface area contributed by atoms with Gasteiger partial charge in [0.05, 0.1) is 12.5 Å². The van der Waals surface area contributed by atoms with Crippen molar-refractivity contribution in [3.8, 4) is 0 Å². The van der Waals surface area contributed by atoms with Gasteiger partial charge in [-0.05, 0) is 49.4 Å². The summed E-state index contributed by atoms with van der Waals surface area (Å²) in [6, 6.07) is 13.8. The van der Waals surface area contributed by atoms with Crippen LogP contribution in [-0.2, 0) is 11.2 Å². The first-order chi connectivity index (χ1) is 12.9. The van der Waals surface area contributed by atoms with Gasteiger partial charge in [0.2, 0.25) is 5.91 Å². The van der Waals surface area contributed by atoms with Gasteiger partial charge in [0.1, 0.15) is 0 Å². The number of likely N-dealkylation sites (N-methyl/N-ethyl adjacent to an activating group) is 1. The first-order valence-corrected chi connectivity index (χ1v) is 9.42. The Kier molecular flexibility index (Phi) is 5.66. The summed E-state index contributed by atoms with van der Waals surface area (Å²) in [5.41, 5.74) is 6.51. The third kappa shape index (κ3) is 4.06. The van der Waals surface area contributed by atoms with Crippen LogP contribution in [0.25, 0.3) is 10.9 Å². The molecule has 1 heterocycles. The van der Waals surface area contributed by atoms with Crippen molar-refractivity contribution >= 4 is 16.8 Å². The number of hydrogen-bond donors (Lipinski definition) is 2. The van der Waals surface area contributed by atoms with Gasteiger partial charge in [-0.3, -0.25) is 4.79 Å². The minimum Gasteiger partial charge on any atom is -0.388 e. The second kappa shape index (κ2) is 7.97. The Labute approximate surface area is 160 Å². The molecule has 3 aromatic rings. The summed E-state index contributed by atoms with van der Waals surface area (Å²) in [6.45, 7) is 6.72. The predicted molar refractivity (Wildman–Crippen MR) is 110 cm³/mol. The van der Waals surface area contributed by atoms with Crippen LogP contribution in [0.1, 0.15) is 40.5 Å². The third-order valence-electron chi connectivity index (χ3n) is 5.36. The molecule has 0 radical (unpaired) electrons. The summed E-state index contributed by atoms with van der Waals surface area (Å²) in [6.07, 6.45) is 0.340. The number of carbonyl (C=O) groups excluding carboxylic acids is 1. The summed E-state index contributed by atoms with van der Waals surface area (Å²) >= 11 is 0. The monoisotopic (exact) mass is 364 g/mol. The number of nitrogens with one attached hydrogen (secondary N) is 1. The van der Waals surface area contributed by atoms with Crippen LogP contribution < -0.4 is 0 Å². The number of aromatic amines is 1. The zero-order valence-corrected chi connectivity index (χ0v) is 16.5. The number of rotatable bonds is 6. The zero-order chi connectivity index (χ0) is 19.6. The standard InChI is InChI=1S/C23H28N2O2/c1-15-10-11-16(2)23-22(15)19(17(3)24-23)14-21(27)25(4)13-12-20(26)18-8-6-5-7-9-18/h5-11,20,24,26H,12-14H2,1-4H3/t20-/m0/s1. The van der Waals surface area contributed by atoms with Crippen LogP contribution in [0.2, 0.25) is 0 Å². The highest BCUT2D eigenvalue weighted by molar-refractivity contribution is 5.93. The largest absolute Gasteiger partial charge is 0.388 e. The highest BCUT2D eigenvalue weighted by Gasteiger charge is 2.18. The van der Waals surface area contributed by atoms with Crippen LogP contribution in [0.15, 0.2) is 42.5 Å². The van der Waals surface area contributed by atoms with E-state index in [2.05, 4.69) is 31.0 Å². The highest BCUT2D eigenvalue weighted by atomic mass is 16.3. The zero-order valence-electron chi connectivity index (χ0n) is 16.5. The molecule has 0 aliphatic heterocycles. The Morgan fingerprint density at radius 2 is 1.74 bits per heavy atom. The Morgan fingerprint density at radius 1 is 1.07 bits per heavy atom. The second-order valence-electron chi connectivity index (χ2n) is 7.39. The number of fused-ring (bicyclic) bond motifs is 1. The van der Waals surface area contributed by atoms with E-state index in [0.29, 0.717) is 19.4 Å². The molecule has 27 heavy (non-hydrogen) atoms. The van der Waals surface area contributed by atoms with Crippen molar-refractivity contribution in [1.82, 2.24) is 9.88 Å². The highest BCUT2D eigenvalue weighted by Crippen LogP contribution is 2.28. The molecule has 142 valence electrons. The molecule has 2 aromatic carbocycles. The maximum atomic E-state index is 12.8. The molecule has 1 atom stereocenters. The fourth-order valence-corrected chi connectivity index (χ4v) is 3.60. The molecule has 0 saturated heterocycles. The van der Waals surface area contributed by atoms with Gasteiger partial charge in [-0.15, -0.1) is 0 Å². The molecule has 0 aliphatic rings. The number of benzene rings is 2. The Bertz CT molecular complexity index is 944. The second-order valence-corrected chi connectivity index (χ2v) is 7.39. The van der Waals surface area contributed by atoms with E-state index in [4.69, 9.17) is 0 Å². The maximum absolute atomic E-state index is 12.8. The molecule has 3 rings (SSSR count). The third-order valence-corrected chi connectivity index (χ3v) is 5.36. The molecular formula is C23H28N2O2. The van der Waals surface area contributed by atoms with Crippen molar-refractivity contribution in [2.24, 2.45) is 0 Å². The molecule has 0 unspecified atom stereocenters. The fraction of sp³-hybridized carbons (Fsp3) is 0.348. The van der Waals surface area contributed by atoms with Crippen LogP contribution in [0, 0.1) is 20.8 Å². The van der Waals surface area contributed by atoms with Crippen LogP contribution in [0.4, 0.5) is 0 Å². The van der Waals surface area contributed by atoms with Crippen molar-refractivity contribution in [2.45, 2.75) is 39.7 Å². The molecule has 0 saturated carbocycles. The molecule has 0 bridgehead atoms. The Hall–Kier alpha value is -2.59. The number of aliphatic hydroxyl groups is 1. The minimum atomic E-state index is -0.554. The first-order valence-electron chi connectivity index (χ1n) is 9.42. The number of hydrogen-bond acceptors (Lipinski definition) is 2. The maximum Gasteiger partial charge on any atom is 0.226 e. The van der Waals surface area contributed by atoms with Gasteiger partial charge in [-0.2, -0.15) is 0 Å². The van der Waals surface area contributed by atoms with E-state index in [9.17, 15) is 9.90 Å². The number of nitrogens with zero attached hydrogens (tertiary/aromatic N) is 1. The number of aromatic nitrogens is 1. The molecular weight excluding hydrogens is 336 g/mol. The fourth-order valence-electron chi connectivity index (χ4n) is 3.60. The summed E-state index contributed by atoms with van der Waals surface area (Å²) in [5.74, 6) is 0.0696. The number of aliphatic hydroxyl groups excluding tert-OH is 1. The summed E-state index contributed by atoms with van der Waals surface area (Å²) in [5, 5.41) is 11.5. The van der Waals surface area contributed by atoms with Gasteiger partial charge in [-0.1, -0.05) is 42.5 Å². The average Bonchev–Trinajstić information content (AvgIpc) is 3.00. The average molecular weight is 364 g/mol. The van der Waals surface area contributed by atoms with E-state index in [1.54, 1.807) is 4.90 Å². The molecule has 4 heteroatoms. The number of amides is 1. The van der Waals surface area contributed by atoms with E-state index in [1.807, 2.05) is 44.3 Å². The van der Waals surface area contributed by atoms with Crippen LogP contribution in [0.3, 0.4) is 0 Å². The number of aryl methyl sites for hydroxylation is 3. The van der Waals surface area contributed by atoms with Crippen molar-refractivity contribution in [1.29, 1.82) is 0 Å². The van der Waals surface area contributed by atoms with E-state index in [-0.39, 0.29) is 5.91 Å². The summed E-state index contributed by atoms with van der Waals surface area (Å²) < 4.78 is 0. The van der Waals surface area contributed by atoms with Gasteiger partial charge >= 0.3 is 0 Å². The Balaban J connectivity index is 1.69. The molecule has 1 amide bonds. The smallest absolute Gasteiger partial charge is 0.226 e. The van der Waals surface area contributed by atoms with Crippen LogP contribution in [-0.4, -0.2) is 34.5 Å². The van der Waals surface area contributed by atoms with E-state index in [1.165, 1.54) is 16.5 Å². The van der Waals surface area contributed by atoms with E-state index >= 15 is 0 Å². The van der Waals surface area contributed by atoms with Gasteiger partial charge in [-0.25, -0.2) is 0 Å². The Morgan fingerprint density at radius 3 is 2.44 bits per heavy atom. The normalized spacial score (nSPS) is 12.3. The van der Waals surface area contributed by atoms with Gasteiger partial charge < -0.3 is 15.0 Å². The van der Waals surface area contributed by atoms with Crippen molar-refractivity contribution in [3.05, 3.63) is 70.4 Å². The molecule has 0 aliphatic carbocycles. The SMILES string of the molecule is Cc1[nH]c2c(C)ccc(C)c2c1CC(=O)N(C)CC[C@H](O)c1ccccc1. The van der Waals surface area contributed by atoms with Gasteiger partial charge in [0.15, 0.2) is 0 Å². The summed E-state index contributed by atoms with van der Waals surface area (Å²) in [4.78, 5) is 17.9. The minimum absolute atomic E-state index is 0.0696. The molecule has 0 spiro atoms. The van der Waals surface area contributed by atoms with E-state index < -0.39 is 6.10 Å². The topological polar surface area (TPSA) is 56.3 Å². The molecule has 4 nitrogen and oxygen atoms in total. The van der Waals surface area contributed by atoms with Crippen molar-refractivity contribution < 1.29 is 9.90 Å². The predicted octanol–water partition coefficient (Wildman–Crippen LogP) is 4.22. The molecule has 1 aromatic heterocycles. The lowest BCUT2D eigenvalue weighted by molar-refractivity contribution is -0.129. The van der Waals surface area contributed by atoms with Gasteiger partial charge in [0.25, 0.3) is 0 Å². The van der Waals surface area contributed by atoms with Crippen LogP contribution in [0.5, 0.6) is 0 Å². The lowest BCUT2D eigenvalue weighted by atomic mass is 10.0. The molecule has 2 N–H and O–H groups in total. The summed E-state index contributed by atoms with van der Waals surface area (Å²) in [7, 11) is 1.81. The van der Waals surface area contributed by atoms with Gasteiger partial charge in [0, 0.05) is 30.2 Å². The van der Waals surface area contributed by atoms with Crippen LogP contribution >= 0.6 is 0 Å². The lowest BCUT2D eigenvalue weighted by Gasteiger charge is -2.20. The molecule has 0 fully saturated rings. The van der Waals surface area contributed by atoms with Crippen molar-refractivity contribution in [2.75, 3.05) is 13.6 Å². The first kappa shape index (κ1) is 19.2. The van der Waals surface area contributed by atoms with Crippen molar-refractivity contribution in [3.63, 3.8) is 0 Å².